The molecular weight excluding hydrogens is 342 g/mol. The minimum Gasteiger partial charge on any atom is -0.508 e. The molecule has 0 atom stereocenters. The molecule has 1 heterocycles. The minimum absolute atomic E-state index is 0.319. The number of aryl methyl sites for hydroxylation is 2. The first-order valence-corrected chi connectivity index (χ1v) is 8.99. The SMILES string of the molecule is CCc1cc(-c2n[nH]c(=S)n2-c2cccc3ccccc23)c(C)cc1O. The van der Waals surface area contributed by atoms with E-state index < -0.39 is 0 Å². The number of aromatic hydroxyl groups is 1. The quantitative estimate of drug-likeness (QED) is 0.485. The monoisotopic (exact) mass is 361 g/mol. The Morgan fingerprint density at radius 3 is 2.69 bits per heavy atom. The standard InChI is InChI=1S/C21H19N3OS/c1-3-14-12-17(13(2)11-19(14)25)20-22-23-21(26)24(20)18-10-6-8-15-7-4-5-9-16(15)18/h4-12,25H,3H2,1-2H3,(H,23,26). The van der Waals surface area contributed by atoms with Gasteiger partial charge in [-0.15, -0.1) is 0 Å². The molecule has 4 aromatic rings. The maximum Gasteiger partial charge on any atom is 0.200 e. The van der Waals surface area contributed by atoms with Gasteiger partial charge in [-0.05, 0) is 60.3 Å². The third-order valence-electron chi connectivity index (χ3n) is 4.73. The normalized spacial score (nSPS) is 11.2. The van der Waals surface area contributed by atoms with Crippen LogP contribution in [0.1, 0.15) is 18.1 Å². The summed E-state index contributed by atoms with van der Waals surface area (Å²) in [5.74, 6) is 1.07. The van der Waals surface area contributed by atoms with Gasteiger partial charge in [0.05, 0.1) is 5.69 Å². The highest BCUT2D eigenvalue weighted by atomic mass is 32.1. The lowest BCUT2D eigenvalue weighted by Gasteiger charge is -2.13. The second-order valence-electron chi connectivity index (χ2n) is 6.34. The first-order chi connectivity index (χ1) is 12.6. The highest BCUT2D eigenvalue weighted by Gasteiger charge is 2.16. The number of rotatable bonds is 3. The Balaban J connectivity index is 2.02. The molecule has 0 aliphatic rings. The van der Waals surface area contributed by atoms with Gasteiger partial charge in [0, 0.05) is 10.9 Å². The number of phenolic OH excluding ortho intramolecular Hbond substituents is 1. The number of benzene rings is 3. The average molecular weight is 361 g/mol. The predicted octanol–water partition coefficient (Wildman–Crippen LogP) is 5.33. The van der Waals surface area contributed by atoms with Crippen molar-refractivity contribution >= 4 is 23.0 Å². The Hall–Kier alpha value is -2.92. The third-order valence-corrected chi connectivity index (χ3v) is 5.00. The highest BCUT2D eigenvalue weighted by molar-refractivity contribution is 7.71. The molecule has 0 aliphatic carbocycles. The van der Waals surface area contributed by atoms with Crippen LogP contribution in [0, 0.1) is 11.7 Å². The number of nitrogens with zero attached hydrogens (tertiary/aromatic N) is 2. The summed E-state index contributed by atoms with van der Waals surface area (Å²) < 4.78 is 2.51. The second kappa shape index (κ2) is 6.42. The molecule has 0 radical (unpaired) electrons. The molecular formula is C21H19N3OS. The Morgan fingerprint density at radius 1 is 1.12 bits per heavy atom. The van der Waals surface area contributed by atoms with Crippen molar-refractivity contribution in [2.75, 3.05) is 0 Å². The number of nitrogens with one attached hydrogen (secondary N) is 1. The van der Waals surface area contributed by atoms with Crippen LogP contribution in [0.5, 0.6) is 5.75 Å². The number of hydrogen-bond acceptors (Lipinski definition) is 3. The van der Waals surface area contributed by atoms with Crippen LogP contribution in [0.15, 0.2) is 54.6 Å². The fraction of sp³-hybridized carbons (Fsp3) is 0.143. The number of aromatic nitrogens is 3. The van der Waals surface area contributed by atoms with Gasteiger partial charge in [-0.2, -0.15) is 5.10 Å². The van der Waals surface area contributed by atoms with E-state index in [0.717, 1.165) is 45.4 Å². The molecule has 0 saturated carbocycles. The van der Waals surface area contributed by atoms with E-state index in [1.54, 1.807) is 6.07 Å². The summed E-state index contributed by atoms with van der Waals surface area (Å²) in [6.07, 6.45) is 0.749. The summed E-state index contributed by atoms with van der Waals surface area (Å²) in [6, 6.07) is 18.2. The smallest absolute Gasteiger partial charge is 0.200 e. The molecule has 0 unspecified atom stereocenters. The highest BCUT2D eigenvalue weighted by Crippen LogP contribution is 2.32. The number of hydrogen-bond donors (Lipinski definition) is 2. The molecule has 0 fully saturated rings. The molecule has 130 valence electrons. The Bertz CT molecular complexity index is 1170. The van der Waals surface area contributed by atoms with E-state index >= 15 is 0 Å². The van der Waals surface area contributed by atoms with Crippen LogP contribution in [-0.2, 0) is 6.42 Å². The number of aromatic amines is 1. The maximum absolute atomic E-state index is 10.1. The molecule has 5 heteroatoms. The first kappa shape index (κ1) is 16.5. The Morgan fingerprint density at radius 2 is 1.88 bits per heavy atom. The molecule has 2 N–H and O–H groups in total. The molecule has 4 nitrogen and oxygen atoms in total. The van der Waals surface area contributed by atoms with Crippen molar-refractivity contribution in [1.82, 2.24) is 14.8 Å². The third kappa shape index (κ3) is 2.61. The van der Waals surface area contributed by atoms with Gasteiger partial charge in [0.1, 0.15) is 5.75 Å². The van der Waals surface area contributed by atoms with Crippen molar-refractivity contribution in [3.63, 3.8) is 0 Å². The summed E-state index contributed by atoms with van der Waals surface area (Å²) in [6.45, 7) is 4.00. The molecule has 1 aromatic heterocycles. The van der Waals surface area contributed by atoms with E-state index in [-0.39, 0.29) is 0 Å². The first-order valence-electron chi connectivity index (χ1n) is 8.58. The summed E-state index contributed by atoms with van der Waals surface area (Å²) in [5, 5.41) is 19.8. The Kier molecular flexibility index (Phi) is 4.09. The van der Waals surface area contributed by atoms with E-state index in [0.29, 0.717) is 10.5 Å². The zero-order valence-corrected chi connectivity index (χ0v) is 15.5. The van der Waals surface area contributed by atoms with Gasteiger partial charge in [0.25, 0.3) is 0 Å². The summed E-state index contributed by atoms with van der Waals surface area (Å²) in [5.41, 5.74) is 3.79. The van der Waals surface area contributed by atoms with Gasteiger partial charge in [-0.1, -0.05) is 43.3 Å². The van der Waals surface area contributed by atoms with Crippen LogP contribution in [-0.4, -0.2) is 19.9 Å². The van der Waals surface area contributed by atoms with Gasteiger partial charge >= 0.3 is 0 Å². The van der Waals surface area contributed by atoms with Crippen molar-refractivity contribution < 1.29 is 5.11 Å². The maximum atomic E-state index is 10.1. The van der Waals surface area contributed by atoms with Crippen LogP contribution >= 0.6 is 12.2 Å². The predicted molar refractivity (Wildman–Crippen MR) is 107 cm³/mol. The van der Waals surface area contributed by atoms with Gasteiger partial charge in [-0.3, -0.25) is 9.67 Å². The number of H-pyrrole nitrogens is 1. The molecule has 0 saturated heterocycles. The van der Waals surface area contributed by atoms with Crippen molar-refractivity contribution in [3.8, 4) is 22.8 Å². The fourth-order valence-electron chi connectivity index (χ4n) is 3.37. The lowest BCUT2D eigenvalue weighted by atomic mass is 10.0. The van der Waals surface area contributed by atoms with E-state index in [2.05, 4.69) is 28.4 Å². The minimum atomic E-state index is 0.319. The summed E-state index contributed by atoms with van der Waals surface area (Å²) in [7, 11) is 0. The zero-order valence-electron chi connectivity index (χ0n) is 14.7. The van der Waals surface area contributed by atoms with E-state index in [1.807, 2.05) is 48.7 Å². The molecule has 0 spiro atoms. The van der Waals surface area contributed by atoms with Crippen LogP contribution in [0.3, 0.4) is 0 Å². The second-order valence-corrected chi connectivity index (χ2v) is 6.72. The topological polar surface area (TPSA) is 53.8 Å². The van der Waals surface area contributed by atoms with Gasteiger partial charge < -0.3 is 5.11 Å². The van der Waals surface area contributed by atoms with Crippen molar-refractivity contribution in [1.29, 1.82) is 0 Å². The van der Waals surface area contributed by atoms with Gasteiger partial charge in [-0.25, -0.2) is 0 Å². The average Bonchev–Trinajstić information content (AvgIpc) is 3.02. The molecule has 26 heavy (non-hydrogen) atoms. The van der Waals surface area contributed by atoms with E-state index in [9.17, 15) is 5.11 Å². The van der Waals surface area contributed by atoms with Gasteiger partial charge in [0.2, 0.25) is 0 Å². The van der Waals surface area contributed by atoms with Crippen molar-refractivity contribution in [2.45, 2.75) is 20.3 Å². The molecule has 4 rings (SSSR count). The molecule has 0 bridgehead atoms. The van der Waals surface area contributed by atoms with Crippen LogP contribution < -0.4 is 0 Å². The van der Waals surface area contributed by atoms with E-state index in [4.69, 9.17) is 12.2 Å². The van der Waals surface area contributed by atoms with Crippen LogP contribution in [0.4, 0.5) is 0 Å². The summed E-state index contributed by atoms with van der Waals surface area (Å²) >= 11 is 5.54. The lowest BCUT2D eigenvalue weighted by molar-refractivity contribution is 0.468. The van der Waals surface area contributed by atoms with Crippen LogP contribution in [0.2, 0.25) is 0 Å². The number of fused-ring (bicyclic) bond motifs is 1. The Labute approximate surface area is 156 Å². The van der Waals surface area contributed by atoms with Gasteiger partial charge in [0.15, 0.2) is 10.6 Å². The van der Waals surface area contributed by atoms with Crippen molar-refractivity contribution in [2.24, 2.45) is 0 Å². The lowest BCUT2D eigenvalue weighted by Crippen LogP contribution is -2.00. The molecule has 3 aromatic carbocycles. The number of phenols is 1. The fourth-order valence-corrected chi connectivity index (χ4v) is 3.60. The largest absolute Gasteiger partial charge is 0.508 e. The molecule has 0 aliphatic heterocycles. The zero-order chi connectivity index (χ0) is 18.3. The van der Waals surface area contributed by atoms with Crippen LogP contribution in [0.25, 0.3) is 27.8 Å². The summed E-state index contributed by atoms with van der Waals surface area (Å²) in [4.78, 5) is 0. The molecule has 0 amide bonds. The van der Waals surface area contributed by atoms with E-state index in [1.165, 1.54) is 0 Å². The van der Waals surface area contributed by atoms with Crippen molar-refractivity contribution in [3.05, 3.63) is 70.5 Å².